The van der Waals surface area contributed by atoms with Crippen molar-refractivity contribution in [2.24, 2.45) is 5.41 Å². The molecular weight excluding hydrogens is 434 g/mol. The molecule has 0 saturated heterocycles. The second-order valence-corrected chi connectivity index (χ2v) is 9.52. The van der Waals surface area contributed by atoms with E-state index in [1.54, 1.807) is 0 Å². The van der Waals surface area contributed by atoms with Crippen molar-refractivity contribution in [3.8, 4) is 0 Å². The first kappa shape index (κ1) is 38.5. The van der Waals surface area contributed by atoms with E-state index in [4.69, 9.17) is 0 Å². The smallest absolute Gasteiger partial charge is 0.549 e. The molecule has 0 radical (unpaired) electrons. The Kier molecular flexibility index (Phi) is 32.1. The maximum atomic E-state index is 11.7. The average Bonchev–Trinajstić information content (AvgIpc) is 2.74. The van der Waals surface area contributed by atoms with Crippen LogP contribution in [-0.4, -0.2) is 11.9 Å². The van der Waals surface area contributed by atoms with Crippen LogP contribution >= 0.6 is 0 Å². The first-order valence-corrected chi connectivity index (χ1v) is 13.4. The van der Waals surface area contributed by atoms with Gasteiger partial charge in [-0.3, -0.25) is 0 Å². The molecule has 0 saturated carbocycles. The van der Waals surface area contributed by atoms with Crippen molar-refractivity contribution in [3.63, 3.8) is 0 Å². The minimum Gasteiger partial charge on any atom is -0.549 e. The number of carboxylic acids is 2. The van der Waals surface area contributed by atoms with E-state index in [1.807, 2.05) is 0 Å². The molecular formula is C27H50Na2O4. The first-order valence-electron chi connectivity index (χ1n) is 13.4. The molecule has 0 rings (SSSR count). The number of hydrogen-bond acceptors (Lipinski definition) is 4. The van der Waals surface area contributed by atoms with Crippen molar-refractivity contribution in [2.75, 3.05) is 0 Å². The normalized spacial score (nSPS) is 11.0. The fourth-order valence-corrected chi connectivity index (χ4v) is 4.45. The second-order valence-electron chi connectivity index (χ2n) is 9.52. The Morgan fingerprint density at radius 2 is 0.667 bits per heavy atom. The fraction of sp³-hybridized carbons (Fsp3) is 0.926. The zero-order valence-corrected chi connectivity index (χ0v) is 26.7. The summed E-state index contributed by atoms with van der Waals surface area (Å²) >= 11 is 0. The molecule has 0 aromatic heterocycles. The second kappa shape index (κ2) is 27.5. The summed E-state index contributed by atoms with van der Waals surface area (Å²) in [5.41, 5.74) is -1.81. The van der Waals surface area contributed by atoms with Crippen LogP contribution in [0.25, 0.3) is 0 Å². The maximum absolute atomic E-state index is 11.7. The van der Waals surface area contributed by atoms with Crippen molar-refractivity contribution < 1.29 is 78.9 Å². The molecule has 0 aliphatic heterocycles. The molecule has 0 aromatic rings. The summed E-state index contributed by atoms with van der Waals surface area (Å²) in [6.07, 6.45) is 23.0. The number of hydrogen-bond donors (Lipinski definition) is 0. The summed E-state index contributed by atoms with van der Waals surface area (Å²) in [7, 11) is 0. The van der Waals surface area contributed by atoms with Crippen LogP contribution in [0.4, 0.5) is 0 Å². The van der Waals surface area contributed by atoms with Crippen LogP contribution in [0.3, 0.4) is 0 Å². The van der Waals surface area contributed by atoms with Gasteiger partial charge in [-0.2, -0.15) is 0 Å². The van der Waals surface area contributed by atoms with Gasteiger partial charge in [-0.1, -0.05) is 142 Å². The average molecular weight is 485 g/mol. The summed E-state index contributed by atoms with van der Waals surface area (Å²) in [4.78, 5) is 23.4. The minimum atomic E-state index is -1.81. The number of rotatable bonds is 24. The van der Waals surface area contributed by atoms with Crippen LogP contribution in [-0.2, 0) is 9.59 Å². The Hall–Kier alpha value is 0.940. The van der Waals surface area contributed by atoms with Gasteiger partial charge in [0.25, 0.3) is 0 Å². The molecule has 0 aromatic carbocycles. The van der Waals surface area contributed by atoms with Gasteiger partial charge in [0.05, 0.1) is 11.9 Å². The van der Waals surface area contributed by atoms with Crippen LogP contribution in [0.1, 0.15) is 155 Å². The van der Waals surface area contributed by atoms with Gasteiger partial charge in [0.1, 0.15) is 0 Å². The van der Waals surface area contributed by atoms with E-state index < -0.39 is 17.4 Å². The van der Waals surface area contributed by atoms with Gasteiger partial charge in [-0.05, 0) is 12.8 Å². The third kappa shape index (κ3) is 20.8. The molecule has 0 unspecified atom stereocenters. The number of carbonyl (C=O) groups excluding carboxylic acids is 2. The molecule has 33 heavy (non-hydrogen) atoms. The summed E-state index contributed by atoms with van der Waals surface area (Å²) < 4.78 is 0. The van der Waals surface area contributed by atoms with Crippen LogP contribution in [0.2, 0.25) is 0 Å². The Morgan fingerprint density at radius 3 is 0.879 bits per heavy atom. The van der Waals surface area contributed by atoms with Crippen LogP contribution < -0.4 is 69.3 Å². The molecule has 0 bridgehead atoms. The molecule has 0 aliphatic rings. The molecule has 0 amide bonds. The third-order valence-corrected chi connectivity index (χ3v) is 6.70. The van der Waals surface area contributed by atoms with E-state index >= 15 is 0 Å². The van der Waals surface area contributed by atoms with Crippen LogP contribution in [0, 0.1) is 5.41 Å². The van der Waals surface area contributed by atoms with Gasteiger partial charge in [-0.25, -0.2) is 0 Å². The monoisotopic (exact) mass is 484 g/mol. The molecule has 0 N–H and O–H groups in total. The van der Waals surface area contributed by atoms with Crippen molar-refractivity contribution in [1.29, 1.82) is 0 Å². The van der Waals surface area contributed by atoms with Gasteiger partial charge in [0.2, 0.25) is 0 Å². The summed E-state index contributed by atoms with van der Waals surface area (Å²) in [5, 5.41) is 23.4. The van der Waals surface area contributed by atoms with E-state index in [0.29, 0.717) is 12.8 Å². The number of carbonyl (C=O) groups is 2. The van der Waals surface area contributed by atoms with Gasteiger partial charge in [0.15, 0.2) is 0 Å². The third-order valence-electron chi connectivity index (χ3n) is 6.70. The maximum Gasteiger partial charge on any atom is 1.00 e. The zero-order chi connectivity index (χ0) is 23.2. The predicted octanol–water partition coefficient (Wildman–Crippen LogP) is 0.103. The van der Waals surface area contributed by atoms with Crippen molar-refractivity contribution in [3.05, 3.63) is 0 Å². The fourth-order valence-electron chi connectivity index (χ4n) is 4.45. The van der Waals surface area contributed by atoms with Crippen molar-refractivity contribution in [1.82, 2.24) is 0 Å². The molecule has 0 aliphatic carbocycles. The Morgan fingerprint density at radius 1 is 0.455 bits per heavy atom. The first-order chi connectivity index (χ1) is 15.0. The molecule has 0 fully saturated rings. The molecule has 184 valence electrons. The van der Waals surface area contributed by atoms with E-state index in [9.17, 15) is 19.8 Å². The number of unbranched alkanes of at least 4 members (excludes halogenated alkanes) is 18. The van der Waals surface area contributed by atoms with Crippen LogP contribution in [0.15, 0.2) is 0 Å². The Balaban J connectivity index is -0.00000450. The molecule has 0 spiro atoms. The van der Waals surface area contributed by atoms with Gasteiger partial charge in [-0.15, -0.1) is 0 Å². The quantitative estimate of drug-likeness (QED) is 0.111. The number of carboxylic acid groups (broad SMARTS) is 2. The summed E-state index contributed by atoms with van der Waals surface area (Å²) in [6.45, 7) is 4.44. The van der Waals surface area contributed by atoms with E-state index in [-0.39, 0.29) is 72.0 Å². The van der Waals surface area contributed by atoms with Gasteiger partial charge >= 0.3 is 59.1 Å². The van der Waals surface area contributed by atoms with Gasteiger partial charge < -0.3 is 19.8 Å². The van der Waals surface area contributed by atoms with Crippen LogP contribution in [0.5, 0.6) is 0 Å². The zero-order valence-electron chi connectivity index (χ0n) is 22.7. The molecule has 0 atom stereocenters. The van der Waals surface area contributed by atoms with E-state index in [1.165, 1.54) is 77.0 Å². The molecule has 4 nitrogen and oxygen atoms in total. The standard InChI is InChI=1S/C27H52O4.2Na/c1-3-5-7-9-11-13-15-17-19-21-23-27(25(28)29,26(30)31)24-22-20-18-16-14-12-10-8-6-4-2;;/h3-24H2,1-2H3,(H,28,29)(H,30,31);;/q;2*+1/p-2. The largest absolute Gasteiger partial charge is 1.00 e. The Labute approximate surface area is 249 Å². The Bertz CT molecular complexity index is 404. The predicted molar refractivity (Wildman–Crippen MR) is 125 cm³/mol. The van der Waals surface area contributed by atoms with Crippen molar-refractivity contribution >= 4 is 11.9 Å². The molecule has 0 heterocycles. The van der Waals surface area contributed by atoms with Crippen molar-refractivity contribution in [2.45, 2.75) is 155 Å². The molecule has 6 heteroatoms. The van der Waals surface area contributed by atoms with E-state index in [2.05, 4.69) is 13.8 Å². The SMILES string of the molecule is CCCCCCCCCCCCC(CCCCCCCCCCCC)(C(=O)[O-])C(=O)[O-].[Na+].[Na+]. The summed E-state index contributed by atoms with van der Waals surface area (Å²) in [5.74, 6) is -2.92. The topological polar surface area (TPSA) is 80.3 Å². The summed E-state index contributed by atoms with van der Waals surface area (Å²) in [6, 6.07) is 0. The van der Waals surface area contributed by atoms with Gasteiger partial charge in [0, 0.05) is 5.41 Å². The number of aliphatic carboxylic acids is 2. The van der Waals surface area contributed by atoms with E-state index in [0.717, 1.165) is 38.5 Å². The minimum absolute atomic E-state index is 0.